The number of rotatable bonds is 3. The zero-order valence-electron chi connectivity index (χ0n) is 11.5. The maximum Gasteiger partial charge on any atom is 0.244 e. The molecule has 19 heavy (non-hydrogen) atoms. The average molecular weight is 265 g/mol. The Morgan fingerprint density at radius 3 is 3.11 bits per heavy atom. The summed E-state index contributed by atoms with van der Waals surface area (Å²) in [5.74, 6) is 1.71. The number of aromatic amines is 1. The molecule has 106 valence electrons. The first-order valence-corrected chi connectivity index (χ1v) is 7.29. The summed E-state index contributed by atoms with van der Waals surface area (Å²) in [5.41, 5.74) is 6.12. The lowest BCUT2D eigenvalue weighted by molar-refractivity contribution is 0.110. The van der Waals surface area contributed by atoms with Gasteiger partial charge in [-0.1, -0.05) is 0 Å². The number of aromatic nitrogens is 3. The first kappa shape index (κ1) is 12.9. The van der Waals surface area contributed by atoms with Crippen LogP contribution in [0.5, 0.6) is 0 Å². The molecule has 0 saturated carbocycles. The summed E-state index contributed by atoms with van der Waals surface area (Å²) < 4.78 is 5.63. The molecular formula is C13H23N5O. The summed E-state index contributed by atoms with van der Waals surface area (Å²) in [6.07, 6.45) is 5.62. The van der Waals surface area contributed by atoms with Crippen molar-refractivity contribution in [3.05, 3.63) is 5.82 Å². The smallest absolute Gasteiger partial charge is 0.244 e. The van der Waals surface area contributed by atoms with Crippen LogP contribution in [-0.4, -0.2) is 46.5 Å². The molecule has 2 saturated heterocycles. The molecule has 0 spiro atoms. The standard InChI is InChI=1S/C13H23N5O/c1-9-11(14)5-2-6-18(9)13-15-12(16-17-13)8-10-4-3-7-19-10/h9-11H,2-8,14H2,1H3,(H,15,16,17). The van der Waals surface area contributed by atoms with E-state index in [1.165, 1.54) is 0 Å². The third kappa shape index (κ3) is 2.74. The molecule has 2 fully saturated rings. The fraction of sp³-hybridized carbons (Fsp3) is 0.846. The average Bonchev–Trinajstić information content (AvgIpc) is 3.05. The molecular weight excluding hydrogens is 242 g/mol. The summed E-state index contributed by atoms with van der Waals surface area (Å²) in [7, 11) is 0. The van der Waals surface area contributed by atoms with Gasteiger partial charge in [-0.15, -0.1) is 5.10 Å². The number of nitrogens with one attached hydrogen (secondary N) is 1. The van der Waals surface area contributed by atoms with Gasteiger partial charge >= 0.3 is 0 Å². The molecule has 0 amide bonds. The SMILES string of the molecule is CC1C(N)CCCN1c1n[nH]c(CC2CCCO2)n1. The molecule has 6 nitrogen and oxygen atoms in total. The molecule has 3 heterocycles. The van der Waals surface area contributed by atoms with Gasteiger partial charge in [0.15, 0.2) is 0 Å². The first-order chi connectivity index (χ1) is 9.24. The number of anilines is 1. The van der Waals surface area contributed by atoms with Gasteiger partial charge in [0.25, 0.3) is 0 Å². The van der Waals surface area contributed by atoms with Crippen LogP contribution in [0.2, 0.25) is 0 Å². The number of nitrogens with zero attached hydrogens (tertiary/aromatic N) is 3. The van der Waals surface area contributed by atoms with Gasteiger partial charge in [0.05, 0.1) is 6.10 Å². The quantitative estimate of drug-likeness (QED) is 0.846. The molecule has 0 radical (unpaired) electrons. The second-order valence-electron chi connectivity index (χ2n) is 5.66. The lowest BCUT2D eigenvalue weighted by Gasteiger charge is -2.36. The van der Waals surface area contributed by atoms with E-state index in [1.807, 2.05) is 0 Å². The molecule has 1 aromatic rings. The lowest BCUT2D eigenvalue weighted by atomic mass is 9.99. The van der Waals surface area contributed by atoms with Crippen LogP contribution >= 0.6 is 0 Å². The maximum absolute atomic E-state index is 6.12. The fourth-order valence-electron chi connectivity index (χ4n) is 2.98. The number of hydrogen-bond acceptors (Lipinski definition) is 5. The highest BCUT2D eigenvalue weighted by atomic mass is 16.5. The van der Waals surface area contributed by atoms with Gasteiger partial charge in [-0.3, -0.25) is 5.10 Å². The Morgan fingerprint density at radius 2 is 2.32 bits per heavy atom. The van der Waals surface area contributed by atoms with E-state index in [0.717, 1.165) is 57.0 Å². The van der Waals surface area contributed by atoms with E-state index < -0.39 is 0 Å². The van der Waals surface area contributed by atoms with Gasteiger partial charge in [0.2, 0.25) is 5.95 Å². The highest BCUT2D eigenvalue weighted by molar-refractivity contribution is 5.32. The van der Waals surface area contributed by atoms with Crippen LogP contribution in [0.15, 0.2) is 0 Å². The van der Waals surface area contributed by atoms with Crippen LogP contribution in [-0.2, 0) is 11.2 Å². The van der Waals surface area contributed by atoms with Crippen molar-refractivity contribution in [2.24, 2.45) is 5.73 Å². The van der Waals surface area contributed by atoms with Gasteiger partial charge in [-0.05, 0) is 32.6 Å². The number of nitrogens with two attached hydrogens (primary N) is 1. The fourth-order valence-corrected chi connectivity index (χ4v) is 2.98. The minimum atomic E-state index is 0.217. The second-order valence-corrected chi connectivity index (χ2v) is 5.66. The molecule has 1 aromatic heterocycles. The van der Waals surface area contributed by atoms with E-state index in [1.54, 1.807) is 0 Å². The maximum atomic E-state index is 6.12. The van der Waals surface area contributed by atoms with Gasteiger partial charge in [-0.2, -0.15) is 4.98 Å². The first-order valence-electron chi connectivity index (χ1n) is 7.29. The van der Waals surface area contributed by atoms with Crippen molar-refractivity contribution in [3.8, 4) is 0 Å². The van der Waals surface area contributed by atoms with Crippen LogP contribution in [0, 0.1) is 0 Å². The highest BCUT2D eigenvalue weighted by Gasteiger charge is 2.28. The summed E-state index contributed by atoms with van der Waals surface area (Å²) in [6, 6.07) is 0.522. The molecule has 2 aliphatic heterocycles. The largest absolute Gasteiger partial charge is 0.378 e. The Kier molecular flexibility index (Phi) is 3.70. The van der Waals surface area contributed by atoms with Gasteiger partial charge in [0, 0.05) is 31.7 Å². The minimum absolute atomic E-state index is 0.217. The summed E-state index contributed by atoms with van der Waals surface area (Å²) in [5, 5.41) is 7.39. The van der Waals surface area contributed by atoms with Crippen LogP contribution in [0.1, 0.15) is 38.4 Å². The van der Waals surface area contributed by atoms with E-state index in [2.05, 4.69) is 27.0 Å². The van der Waals surface area contributed by atoms with Crippen molar-refractivity contribution in [2.75, 3.05) is 18.1 Å². The number of ether oxygens (including phenoxy) is 1. The Bertz CT molecular complexity index is 415. The monoisotopic (exact) mass is 265 g/mol. The zero-order valence-corrected chi connectivity index (χ0v) is 11.5. The molecule has 3 atom stereocenters. The number of piperidine rings is 1. The van der Waals surface area contributed by atoms with Crippen molar-refractivity contribution < 1.29 is 4.74 Å². The lowest BCUT2D eigenvalue weighted by Crippen LogP contribution is -2.51. The Morgan fingerprint density at radius 1 is 1.42 bits per heavy atom. The van der Waals surface area contributed by atoms with Gasteiger partial charge < -0.3 is 15.4 Å². The third-order valence-electron chi connectivity index (χ3n) is 4.27. The third-order valence-corrected chi connectivity index (χ3v) is 4.27. The van der Waals surface area contributed by atoms with Crippen molar-refractivity contribution in [2.45, 2.75) is 57.2 Å². The molecule has 3 unspecified atom stereocenters. The predicted octanol–water partition coefficient (Wildman–Crippen LogP) is 0.842. The minimum Gasteiger partial charge on any atom is -0.378 e. The summed E-state index contributed by atoms with van der Waals surface area (Å²) in [4.78, 5) is 6.82. The van der Waals surface area contributed by atoms with Crippen LogP contribution in [0.25, 0.3) is 0 Å². The van der Waals surface area contributed by atoms with E-state index in [4.69, 9.17) is 10.5 Å². The van der Waals surface area contributed by atoms with Crippen LogP contribution < -0.4 is 10.6 Å². The van der Waals surface area contributed by atoms with E-state index in [-0.39, 0.29) is 6.04 Å². The molecule has 0 aromatic carbocycles. The normalized spacial score (nSPS) is 31.9. The van der Waals surface area contributed by atoms with Crippen molar-refractivity contribution in [1.29, 1.82) is 0 Å². The number of H-pyrrole nitrogens is 1. The van der Waals surface area contributed by atoms with E-state index in [9.17, 15) is 0 Å². The molecule has 0 aliphatic carbocycles. The van der Waals surface area contributed by atoms with E-state index in [0.29, 0.717) is 12.1 Å². The van der Waals surface area contributed by atoms with Crippen molar-refractivity contribution in [3.63, 3.8) is 0 Å². The zero-order chi connectivity index (χ0) is 13.2. The molecule has 2 aliphatic rings. The molecule has 0 bridgehead atoms. The predicted molar refractivity (Wildman–Crippen MR) is 73.1 cm³/mol. The molecule has 6 heteroatoms. The van der Waals surface area contributed by atoms with Crippen LogP contribution in [0.4, 0.5) is 5.95 Å². The topological polar surface area (TPSA) is 80.1 Å². The Labute approximate surface area is 113 Å². The van der Waals surface area contributed by atoms with Gasteiger partial charge in [-0.25, -0.2) is 0 Å². The summed E-state index contributed by atoms with van der Waals surface area (Å²) in [6.45, 7) is 4.02. The summed E-state index contributed by atoms with van der Waals surface area (Å²) >= 11 is 0. The Hall–Kier alpha value is -1.14. The number of hydrogen-bond donors (Lipinski definition) is 2. The van der Waals surface area contributed by atoms with Gasteiger partial charge in [0.1, 0.15) is 5.82 Å². The molecule has 3 rings (SSSR count). The van der Waals surface area contributed by atoms with Crippen molar-refractivity contribution in [1.82, 2.24) is 15.2 Å². The van der Waals surface area contributed by atoms with Crippen molar-refractivity contribution >= 4 is 5.95 Å². The highest BCUT2D eigenvalue weighted by Crippen LogP contribution is 2.22. The second kappa shape index (κ2) is 5.46. The van der Waals surface area contributed by atoms with Crippen LogP contribution in [0.3, 0.4) is 0 Å². The van der Waals surface area contributed by atoms with E-state index >= 15 is 0 Å². The Balaban J connectivity index is 1.66. The molecule has 3 N–H and O–H groups in total.